The zero-order valence-electron chi connectivity index (χ0n) is 25.5. The van der Waals surface area contributed by atoms with Crippen LogP contribution in [0.4, 0.5) is 17.1 Å². The molecule has 1 fully saturated rings. The van der Waals surface area contributed by atoms with Crippen molar-refractivity contribution in [3.05, 3.63) is 83.4 Å². The van der Waals surface area contributed by atoms with Gasteiger partial charge < -0.3 is 31.1 Å². The number of para-hydroxylation sites is 3. The number of amides is 3. The molecule has 10 heteroatoms. The van der Waals surface area contributed by atoms with Crippen molar-refractivity contribution in [2.24, 2.45) is 11.8 Å². The fraction of sp³-hybridized carbons (Fsp3) is 0.382. The topological polar surface area (TPSA) is 137 Å². The smallest absolute Gasteiger partial charge is 0.258 e. The van der Waals surface area contributed by atoms with Gasteiger partial charge in [-0.3, -0.25) is 19.3 Å². The molecule has 1 saturated carbocycles. The molecular weight excluding hydrogens is 558 g/mol. The molecule has 3 atom stereocenters. The van der Waals surface area contributed by atoms with E-state index in [1.165, 1.54) is 0 Å². The third-order valence-corrected chi connectivity index (χ3v) is 8.27. The van der Waals surface area contributed by atoms with Gasteiger partial charge >= 0.3 is 0 Å². The van der Waals surface area contributed by atoms with Crippen LogP contribution in [-0.4, -0.2) is 71.5 Å². The molecule has 232 valence electrons. The second-order valence-electron chi connectivity index (χ2n) is 12.0. The Bertz CT molecular complexity index is 1510. The third-order valence-electron chi connectivity index (χ3n) is 8.27. The minimum Gasteiger partial charge on any atom is -0.486 e. The number of nitrogen functional groups attached to an aromatic ring is 1. The number of hydrogen-bond donors (Lipinski definition) is 4. The van der Waals surface area contributed by atoms with Crippen LogP contribution in [0.3, 0.4) is 0 Å². The molecule has 0 aromatic heterocycles. The lowest BCUT2D eigenvalue weighted by Gasteiger charge is -2.38. The van der Waals surface area contributed by atoms with Crippen molar-refractivity contribution in [3.8, 4) is 5.75 Å². The number of aliphatic hydroxyl groups is 1. The molecule has 3 amide bonds. The second-order valence-corrected chi connectivity index (χ2v) is 12.0. The zero-order chi connectivity index (χ0) is 31.4. The number of benzene rings is 3. The van der Waals surface area contributed by atoms with Crippen LogP contribution >= 0.6 is 0 Å². The summed E-state index contributed by atoms with van der Waals surface area (Å²) in [5, 5.41) is 15.8. The summed E-state index contributed by atoms with van der Waals surface area (Å²) in [6, 6.07) is 19.4. The van der Waals surface area contributed by atoms with Gasteiger partial charge in [-0.05, 0) is 68.8 Å². The zero-order valence-corrected chi connectivity index (χ0v) is 25.5. The molecule has 10 nitrogen and oxygen atoms in total. The normalized spacial score (nSPS) is 18.9. The summed E-state index contributed by atoms with van der Waals surface area (Å²) >= 11 is 0. The lowest BCUT2D eigenvalue weighted by atomic mass is 9.98. The number of anilines is 3. The number of aliphatic hydroxyl groups excluding tert-OH is 1. The van der Waals surface area contributed by atoms with Crippen molar-refractivity contribution in [2.45, 2.75) is 45.4 Å². The van der Waals surface area contributed by atoms with Crippen LogP contribution in [0.2, 0.25) is 0 Å². The second kappa shape index (κ2) is 13.5. The van der Waals surface area contributed by atoms with E-state index >= 15 is 0 Å². The van der Waals surface area contributed by atoms with E-state index in [0.717, 1.165) is 18.4 Å². The molecule has 44 heavy (non-hydrogen) atoms. The molecule has 3 aromatic rings. The lowest BCUT2D eigenvalue weighted by molar-refractivity contribution is -0.117. The van der Waals surface area contributed by atoms with Crippen molar-refractivity contribution in [1.29, 1.82) is 0 Å². The maximum Gasteiger partial charge on any atom is 0.258 e. The maximum absolute atomic E-state index is 13.7. The molecule has 1 heterocycles. The molecule has 1 aliphatic heterocycles. The first-order valence-corrected chi connectivity index (χ1v) is 15.1. The lowest BCUT2D eigenvalue weighted by Crippen LogP contribution is -2.49. The van der Waals surface area contributed by atoms with Gasteiger partial charge in [0.25, 0.3) is 11.8 Å². The fourth-order valence-electron chi connectivity index (χ4n) is 5.39. The quantitative estimate of drug-likeness (QED) is 0.256. The van der Waals surface area contributed by atoms with Gasteiger partial charge in [-0.1, -0.05) is 37.3 Å². The Morgan fingerprint density at radius 3 is 2.43 bits per heavy atom. The Morgan fingerprint density at radius 2 is 1.75 bits per heavy atom. The molecule has 0 radical (unpaired) electrons. The first-order chi connectivity index (χ1) is 21.1. The van der Waals surface area contributed by atoms with Crippen LogP contribution in [0, 0.1) is 11.8 Å². The Labute approximate surface area is 258 Å². The molecule has 0 unspecified atom stereocenters. The van der Waals surface area contributed by atoms with Crippen molar-refractivity contribution in [1.82, 2.24) is 9.80 Å². The SMILES string of the molecule is C[C@H](CO)N1C[C@H](C)[C@@H](CN(C)Cc2ccc(C(=O)Nc3ccccc3N)cc2)Oc2c(NC(=O)C3CC3)cccc2C1=O. The number of carbonyl (C=O) groups is 3. The van der Waals surface area contributed by atoms with E-state index in [-0.39, 0.29) is 48.3 Å². The number of carbonyl (C=O) groups excluding carboxylic acids is 3. The summed E-state index contributed by atoms with van der Waals surface area (Å²) in [5.74, 6) is -0.256. The standard InChI is InChI=1S/C34H41N5O5/c1-21-17-39(22(2)20-40)34(43)26-7-6-10-29(37-33(42)25-15-16-25)31(26)44-30(21)19-38(3)18-23-11-13-24(14-12-23)32(41)36-28-9-5-4-8-27(28)35/h4-14,21-22,25,30,40H,15-20,35H2,1-3H3,(H,36,41)(H,37,42)/t21-,22+,30+/m0/s1. The summed E-state index contributed by atoms with van der Waals surface area (Å²) in [4.78, 5) is 42.9. The van der Waals surface area contributed by atoms with Gasteiger partial charge in [-0.15, -0.1) is 0 Å². The van der Waals surface area contributed by atoms with E-state index in [1.54, 1.807) is 47.4 Å². The van der Waals surface area contributed by atoms with Crippen LogP contribution in [0.5, 0.6) is 5.75 Å². The van der Waals surface area contributed by atoms with Crippen LogP contribution in [0.25, 0.3) is 0 Å². The van der Waals surface area contributed by atoms with Gasteiger partial charge in [0.1, 0.15) is 6.10 Å². The largest absolute Gasteiger partial charge is 0.486 e. The Balaban J connectivity index is 1.31. The number of nitrogens with two attached hydrogens (primary N) is 1. The number of rotatable bonds is 10. The minimum atomic E-state index is -0.381. The minimum absolute atomic E-state index is 0.00388. The van der Waals surface area contributed by atoms with Crippen molar-refractivity contribution in [3.63, 3.8) is 0 Å². The first-order valence-electron chi connectivity index (χ1n) is 15.1. The number of ether oxygens (including phenoxy) is 1. The molecular formula is C34H41N5O5. The highest BCUT2D eigenvalue weighted by Crippen LogP contribution is 2.37. The Morgan fingerprint density at radius 1 is 1.05 bits per heavy atom. The van der Waals surface area contributed by atoms with E-state index in [4.69, 9.17) is 10.5 Å². The Hall–Kier alpha value is -4.41. The molecule has 3 aromatic carbocycles. The molecule has 0 saturated heterocycles. The molecule has 0 bridgehead atoms. The van der Waals surface area contributed by atoms with E-state index in [1.807, 2.05) is 45.2 Å². The number of nitrogens with one attached hydrogen (secondary N) is 2. The summed E-state index contributed by atoms with van der Waals surface area (Å²) in [6.45, 7) is 5.24. The highest BCUT2D eigenvalue weighted by atomic mass is 16.5. The summed E-state index contributed by atoms with van der Waals surface area (Å²) in [6.07, 6.45) is 1.40. The number of fused-ring (bicyclic) bond motifs is 1. The van der Waals surface area contributed by atoms with Crippen molar-refractivity contribution in [2.75, 3.05) is 43.1 Å². The molecule has 5 rings (SSSR count). The summed E-state index contributed by atoms with van der Waals surface area (Å²) in [5.41, 5.74) is 9.42. The van der Waals surface area contributed by atoms with E-state index < -0.39 is 0 Å². The first kappa shape index (κ1) is 31.0. The van der Waals surface area contributed by atoms with Gasteiger partial charge in [-0.25, -0.2) is 0 Å². The molecule has 0 spiro atoms. The highest BCUT2D eigenvalue weighted by Gasteiger charge is 2.36. The van der Waals surface area contributed by atoms with Crippen molar-refractivity contribution < 1.29 is 24.2 Å². The van der Waals surface area contributed by atoms with Gasteiger partial charge in [0.2, 0.25) is 5.91 Å². The van der Waals surface area contributed by atoms with Gasteiger partial charge in [-0.2, -0.15) is 0 Å². The molecule has 1 aliphatic carbocycles. The average Bonchev–Trinajstić information content (AvgIpc) is 3.86. The molecule has 5 N–H and O–H groups in total. The van der Waals surface area contributed by atoms with E-state index in [2.05, 4.69) is 15.5 Å². The average molecular weight is 600 g/mol. The summed E-state index contributed by atoms with van der Waals surface area (Å²) in [7, 11) is 1.99. The number of hydrogen-bond acceptors (Lipinski definition) is 7. The fourth-order valence-corrected chi connectivity index (χ4v) is 5.39. The number of nitrogens with zero attached hydrogens (tertiary/aromatic N) is 2. The van der Waals surface area contributed by atoms with Gasteiger partial charge in [0.15, 0.2) is 5.75 Å². The monoisotopic (exact) mass is 599 g/mol. The number of likely N-dealkylation sites (N-methyl/N-ethyl adjacent to an activating group) is 1. The van der Waals surface area contributed by atoms with Crippen molar-refractivity contribution >= 4 is 34.8 Å². The van der Waals surface area contributed by atoms with Crippen LogP contribution in [-0.2, 0) is 11.3 Å². The van der Waals surface area contributed by atoms with E-state index in [9.17, 15) is 19.5 Å². The van der Waals surface area contributed by atoms with Crippen LogP contribution in [0.1, 0.15) is 53.0 Å². The van der Waals surface area contributed by atoms with Gasteiger partial charge in [0.05, 0.1) is 35.3 Å². The van der Waals surface area contributed by atoms with E-state index in [0.29, 0.717) is 53.6 Å². The molecule has 2 aliphatic rings. The summed E-state index contributed by atoms with van der Waals surface area (Å²) < 4.78 is 6.61. The van der Waals surface area contributed by atoms with Crippen LogP contribution < -0.4 is 21.1 Å². The predicted molar refractivity (Wildman–Crippen MR) is 171 cm³/mol. The van der Waals surface area contributed by atoms with Gasteiger partial charge in [0, 0.05) is 37.0 Å². The highest BCUT2D eigenvalue weighted by molar-refractivity contribution is 6.05. The van der Waals surface area contributed by atoms with Crippen LogP contribution in [0.15, 0.2) is 66.7 Å². The maximum atomic E-state index is 13.7. The predicted octanol–water partition coefficient (Wildman–Crippen LogP) is 4.22. The Kier molecular flexibility index (Phi) is 9.51. The third kappa shape index (κ3) is 7.20.